The van der Waals surface area contributed by atoms with Gasteiger partial charge in [0.05, 0.1) is 23.8 Å². The lowest BCUT2D eigenvalue weighted by molar-refractivity contribution is -0.384. The lowest BCUT2D eigenvalue weighted by atomic mass is 10.1. The zero-order valence-corrected chi connectivity index (χ0v) is 18.3. The Morgan fingerprint density at radius 3 is 2.88 bits per heavy atom. The van der Waals surface area contributed by atoms with E-state index in [1.165, 1.54) is 23.1 Å². The molecule has 0 N–H and O–H groups in total. The standard InChI is InChI=1S/C23H25N3O7/c1-31-18-5-2-4-16(10-18)12-24(13-19-6-3-9-32-19)22(27)14-25-20-11-17(26(29)30)7-8-21(20)33-15-23(25)28/h2,4-5,7-8,10-11,19H,3,6,9,12-15H2,1H3. The maximum Gasteiger partial charge on any atom is 0.271 e. The summed E-state index contributed by atoms with van der Waals surface area (Å²) < 4.78 is 16.4. The number of hydrogen-bond acceptors (Lipinski definition) is 7. The van der Waals surface area contributed by atoms with Gasteiger partial charge in [0, 0.05) is 31.8 Å². The molecule has 0 saturated carbocycles. The molecule has 2 heterocycles. The van der Waals surface area contributed by atoms with Gasteiger partial charge in [0.2, 0.25) is 5.91 Å². The van der Waals surface area contributed by atoms with Gasteiger partial charge in [-0.25, -0.2) is 0 Å². The Hall–Kier alpha value is -3.66. The molecule has 10 nitrogen and oxygen atoms in total. The summed E-state index contributed by atoms with van der Waals surface area (Å²) >= 11 is 0. The predicted molar refractivity (Wildman–Crippen MR) is 118 cm³/mol. The number of ether oxygens (including phenoxy) is 3. The summed E-state index contributed by atoms with van der Waals surface area (Å²) in [6.45, 7) is 0.865. The summed E-state index contributed by atoms with van der Waals surface area (Å²) in [6, 6.07) is 11.4. The van der Waals surface area contributed by atoms with Gasteiger partial charge in [-0.15, -0.1) is 0 Å². The number of carbonyl (C=O) groups excluding carboxylic acids is 2. The van der Waals surface area contributed by atoms with Gasteiger partial charge < -0.3 is 19.1 Å². The van der Waals surface area contributed by atoms with E-state index in [1.807, 2.05) is 24.3 Å². The third-order valence-electron chi connectivity index (χ3n) is 5.70. The predicted octanol–water partition coefficient (Wildman–Crippen LogP) is 2.54. The van der Waals surface area contributed by atoms with E-state index in [4.69, 9.17) is 14.2 Å². The van der Waals surface area contributed by atoms with E-state index in [-0.39, 0.29) is 36.5 Å². The Morgan fingerprint density at radius 1 is 1.30 bits per heavy atom. The minimum absolute atomic E-state index is 0.0756. The van der Waals surface area contributed by atoms with Crippen LogP contribution < -0.4 is 14.4 Å². The van der Waals surface area contributed by atoms with E-state index in [0.29, 0.717) is 31.2 Å². The second-order valence-corrected chi connectivity index (χ2v) is 7.94. The number of nitro groups is 1. The Bertz CT molecular complexity index is 1050. The number of anilines is 1. The SMILES string of the molecule is COc1cccc(CN(CC2CCCO2)C(=O)CN2C(=O)COc3ccc([N+](=O)[O-])cc32)c1. The average Bonchev–Trinajstić information content (AvgIpc) is 3.33. The molecule has 0 radical (unpaired) electrons. The van der Waals surface area contributed by atoms with Crippen molar-refractivity contribution >= 4 is 23.2 Å². The molecule has 0 aliphatic carbocycles. The first-order valence-electron chi connectivity index (χ1n) is 10.7. The van der Waals surface area contributed by atoms with Crippen LogP contribution in [-0.2, 0) is 20.9 Å². The highest BCUT2D eigenvalue weighted by Crippen LogP contribution is 2.35. The van der Waals surface area contributed by atoms with E-state index in [1.54, 1.807) is 12.0 Å². The number of benzene rings is 2. The molecule has 174 valence electrons. The fourth-order valence-electron chi connectivity index (χ4n) is 3.99. The van der Waals surface area contributed by atoms with Crippen LogP contribution in [0, 0.1) is 10.1 Å². The van der Waals surface area contributed by atoms with Crippen molar-refractivity contribution in [3.05, 3.63) is 58.1 Å². The largest absolute Gasteiger partial charge is 0.497 e. The van der Waals surface area contributed by atoms with Crippen LogP contribution in [0.2, 0.25) is 0 Å². The molecule has 1 atom stereocenters. The molecule has 2 aromatic carbocycles. The zero-order chi connectivity index (χ0) is 23.4. The van der Waals surface area contributed by atoms with Crippen molar-refractivity contribution < 1.29 is 28.7 Å². The van der Waals surface area contributed by atoms with Crippen molar-refractivity contribution in [2.24, 2.45) is 0 Å². The summed E-state index contributed by atoms with van der Waals surface area (Å²) in [5.41, 5.74) is 0.911. The molecule has 2 amide bonds. The molecule has 2 aliphatic heterocycles. The molecule has 0 aromatic heterocycles. The van der Waals surface area contributed by atoms with Crippen LogP contribution in [0.5, 0.6) is 11.5 Å². The maximum absolute atomic E-state index is 13.4. The number of amides is 2. The maximum atomic E-state index is 13.4. The highest BCUT2D eigenvalue weighted by atomic mass is 16.6. The van der Waals surface area contributed by atoms with E-state index in [2.05, 4.69) is 0 Å². The first-order valence-corrected chi connectivity index (χ1v) is 10.7. The summed E-state index contributed by atoms with van der Waals surface area (Å²) in [6.07, 6.45) is 1.71. The summed E-state index contributed by atoms with van der Waals surface area (Å²) in [4.78, 5) is 39.6. The van der Waals surface area contributed by atoms with E-state index < -0.39 is 10.8 Å². The molecular weight excluding hydrogens is 430 g/mol. The van der Waals surface area contributed by atoms with Crippen LogP contribution in [0.3, 0.4) is 0 Å². The van der Waals surface area contributed by atoms with Gasteiger partial charge in [-0.1, -0.05) is 12.1 Å². The number of hydrogen-bond donors (Lipinski definition) is 0. The first kappa shape index (κ1) is 22.5. The molecule has 33 heavy (non-hydrogen) atoms. The van der Waals surface area contributed by atoms with Crippen molar-refractivity contribution in [1.82, 2.24) is 4.90 Å². The molecule has 10 heteroatoms. The topological polar surface area (TPSA) is 111 Å². The minimum Gasteiger partial charge on any atom is -0.497 e. The Kier molecular flexibility index (Phi) is 6.74. The second-order valence-electron chi connectivity index (χ2n) is 7.94. The number of non-ortho nitro benzene ring substituents is 1. The fraction of sp³-hybridized carbons (Fsp3) is 0.391. The minimum atomic E-state index is -0.550. The number of carbonyl (C=O) groups is 2. The number of methoxy groups -OCH3 is 1. The third-order valence-corrected chi connectivity index (χ3v) is 5.70. The van der Waals surface area contributed by atoms with Crippen LogP contribution in [0.1, 0.15) is 18.4 Å². The number of fused-ring (bicyclic) bond motifs is 1. The van der Waals surface area contributed by atoms with Crippen molar-refractivity contribution in [1.29, 1.82) is 0 Å². The van der Waals surface area contributed by atoms with Gasteiger partial charge in [-0.2, -0.15) is 0 Å². The van der Waals surface area contributed by atoms with Crippen LogP contribution in [0.15, 0.2) is 42.5 Å². The Balaban J connectivity index is 1.57. The van der Waals surface area contributed by atoms with E-state index in [0.717, 1.165) is 18.4 Å². The van der Waals surface area contributed by atoms with Crippen molar-refractivity contribution in [2.45, 2.75) is 25.5 Å². The highest BCUT2D eigenvalue weighted by molar-refractivity contribution is 6.02. The van der Waals surface area contributed by atoms with E-state index in [9.17, 15) is 19.7 Å². The van der Waals surface area contributed by atoms with Crippen molar-refractivity contribution in [3.63, 3.8) is 0 Å². The molecule has 1 fully saturated rings. The van der Waals surface area contributed by atoms with Gasteiger partial charge >= 0.3 is 0 Å². The fourth-order valence-corrected chi connectivity index (χ4v) is 3.99. The summed E-state index contributed by atoms with van der Waals surface area (Å²) in [5, 5.41) is 11.2. The van der Waals surface area contributed by atoms with Gasteiger partial charge in [0.25, 0.3) is 11.6 Å². The number of rotatable bonds is 8. The normalized spacial score (nSPS) is 17.3. The van der Waals surface area contributed by atoms with Crippen molar-refractivity contribution in [2.75, 3.05) is 38.3 Å². The smallest absolute Gasteiger partial charge is 0.271 e. The second kappa shape index (κ2) is 9.86. The van der Waals surface area contributed by atoms with Crippen LogP contribution >= 0.6 is 0 Å². The monoisotopic (exact) mass is 455 g/mol. The summed E-state index contributed by atoms with van der Waals surface area (Å²) in [5.74, 6) is 0.281. The molecule has 1 saturated heterocycles. The molecule has 2 aromatic rings. The Labute approximate surface area is 190 Å². The van der Waals surface area contributed by atoms with Gasteiger partial charge in [-0.05, 0) is 36.6 Å². The highest BCUT2D eigenvalue weighted by Gasteiger charge is 2.31. The number of nitro benzene ring substituents is 1. The lowest BCUT2D eigenvalue weighted by Crippen LogP contribution is -2.47. The molecule has 1 unspecified atom stereocenters. The van der Waals surface area contributed by atoms with Gasteiger partial charge in [-0.3, -0.25) is 24.6 Å². The summed E-state index contributed by atoms with van der Waals surface area (Å²) in [7, 11) is 1.58. The molecule has 0 spiro atoms. The van der Waals surface area contributed by atoms with Crippen LogP contribution in [-0.4, -0.2) is 61.2 Å². The molecule has 2 aliphatic rings. The molecular formula is C23H25N3O7. The van der Waals surface area contributed by atoms with E-state index >= 15 is 0 Å². The quantitative estimate of drug-likeness (QED) is 0.444. The third kappa shape index (κ3) is 5.23. The molecule has 4 rings (SSSR count). The van der Waals surface area contributed by atoms with Gasteiger partial charge in [0.15, 0.2) is 6.61 Å². The Morgan fingerprint density at radius 2 is 2.15 bits per heavy atom. The lowest BCUT2D eigenvalue weighted by Gasteiger charge is -2.32. The zero-order valence-electron chi connectivity index (χ0n) is 18.3. The first-order chi connectivity index (χ1) is 15.9. The molecule has 0 bridgehead atoms. The van der Waals surface area contributed by atoms with Gasteiger partial charge in [0.1, 0.15) is 18.0 Å². The van der Waals surface area contributed by atoms with Crippen molar-refractivity contribution in [3.8, 4) is 11.5 Å². The number of nitrogens with zero attached hydrogens (tertiary/aromatic N) is 3. The van der Waals surface area contributed by atoms with Crippen LogP contribution in [0.4, 0.5) is 11.4 Å². The van der Waals surface area contributed by atoms with Crippen LogP contribution in [0.25, 0.3) is 0 Å². The average molecular weight is 455 g/mol.